The number of aromatic nitrogens is 2. The second-order valence-corrected chi connectivity index (χ2v) is 8.17. The molecule has 0 radical (unpaired) electrons. The number of carbonyl (C=O) groups is 2. The quantitative estimate of drug-likeness (QED) is 0.713. The van der Waals surface area contributed by atoms with E-state index < -0.39 is 30.9 Å². The van der Waals surface area contributed by atoms with Gasteiger partial charge in [-0.1, -0.05) is 11.6 Å². The van der Waals surface area contributed by atoms with E-state index in [1.54, 1.807) is 7.05 Å². The van der Waals surface area contributed by atoms with Crippen LogP contribution in [0, 0.1) is 5.82 Å². The molecule has 0 aliphatic carbocycles. The zero-order valence-corrected chi connectivity index (χ0v) is 18.0. The number of aliphatic hydroxyl groups excluding tert-OH is 1. The Morgan fingerprint density at radius 3 is 2.94 bits per heavy atom. The lowest BCUT2D eigenvalue weighted by Crippen LogP contribution is -2.40. The van der Waals surface area contributed by atoms with Gasteiger partial charge in [0, 0.05) is 37.8 Å². The van der Waals surface area contributed by atoms with E-state index in [4.69, 9.17) is 21.4 Å². The number of nitrogens with zero attached hydrogens (tertiary/aromatic N) is 4. The van der Waals surface area contributed by atoms with Crippen LogP contribution in [-0.4, -0.2) is 75.8 Å². The smallest absolute Gasteiger partial charge is 0.322 e. The standard InChI is InChI=1S/C20H22ClF2N5O4/c1-26-7-12(32-10-17(23)29)8-28-18(19(26)30)13-9-27(5-4-16(13)25-28)20(31)24-11-2-3-15(22)14(21)6-11/h2-3,6,12,17,29H,4-5,7-10H2,1H3,(H,24,31). The summed E-state index contributed by atoms with van der Waals surface area (Å²) in [5, 5.41) is 16.0. The molecule has 0 bridgehead atoms. The first-order valence-corrected chi connectivity index (χ1v) is 10.4. The Labute approximate surface area is 187 Å². The summed E-state index contributed by atoms with van der Waals surface area (Å²) in [6.45, 7) is 0.469. The van der Waals surface area contributed by atoms with E-state index in [0.29, 0.717) is 35.6 Å². The third-order valence-electron chi connectivity index (χ3n) is 5.43. The number of anilines is 1. The van der Waals surface area contributed by atoms with E-state index in [-0.39, 0.29) is 30.6 Å². The van der Waals surface area contributed by atoms with Gasteiger partial charge in [0.2, 0.25) is 6.36 Å². The molecule has 3 heterocycles. The summed E-state index contributed by atoms with van der Waals surface area (Å²) in [5.41, 5.74) is 2.07. The lowest BCUT2D eigenvalue weighted by atomic mass is 10.0. The van der Waals surface area contributed by atoms with Crippen molar-refractivity contribution in [2.24, 2.45) is 0 Å². The monoisotopic (exact) mass is 469 g/mol. The molecule has 0 fully saturated rings. The summed E-state index contributed by atoms with van der Waals surface area (Å²) in [7, 11) is 1.60. The van der Waals surface area contributed by atoms with Crippen LogP contribution in [-0.2, 0) is 24.2 Å². The Morgan fingerprint density at radius 1 is 1.44 bits per heavy atom. The third-order valence-corrected chi connectivity index (χ3v) is 5.72. The van der Waals surface area contributed by atoms with Gasteiger partial charge in [-0.15, -0.1) is 0 Å². The highest BCUT2D eigenvalue weighted by molar-refractivity contribution is 6.31. The molecule has 2 aromatic rings. The van der Waals surface area contributed by atoms with Crippen LogP contribution in [0.25, 0.3) is 0 Å². The average Bonchev–Trinajstić information content (AvgIpc) is 3.05. The van der Waals surface area contributed by atoms with Crippen LogP contribution in [0.5, 0.6) is 0 Å². The van der Waals surface area contributed by atoms with Crippen LogP contribution in [0.3, 0.4) is 0 Å². The highest BCUT2D eigenvalue weighted by atomic mass is 35.5. The highest BCUT2D eigenvalue weighted by Gasteiger charge is 2.35. The molecule has 2 aliphatic heterocycles. The van der Waals surface area contributed by atoms with Crippen molar-refractivity contribution in [3.8, 4) is 0 Å². The van der Waals surface area contributed by atoms with E-state index in [2.05, 4.69) is 10.4 Å². The number of fused-ring (bicyclic) bond motifs is 3. The van der Waals surface area contributed by atoms with Crippen molar-refractivity contribution in [3.05, 3.63) is 46.0 Å². The number of likely N-dealkylation sites (N-methyl/N-ethyl adjacent to an activating group) is 1. The first-order chi connectivity index (χ1) is 15.2. The largest absolute Gasteiger partial charge is 0.369 e. The normalized spacial score (nSPS) is 19.3. The second kappa shape index (κ2) is 9.00. The number of alkyl halides is 1. The lowest BCUT2D eigenvalue weighted by Gasteiger charge is -2.27. The molecule has 0 saturated heterocycles. The van der Waals surface area contributed by atoms with Crippen LogP contribution in [0.4, 0.5) is 19.3 Å². The predicted molar refractivity (Wildman–Crippen MR) is 111 cm³/mol. The third kappa shape index (κ3) is 4.54. The molecule has 2 unspecified atom stereocenters. The number of urea groups is 1. The summed E-state index contributed by atoms with van der Waals surface area (Å²) < 4.78 is 33.1. The molecule has 4 rings (SSSR count). The molecular formula is C20H22ClF2N5O4. The number of hydrogen-bond acceptors (Lipinski definition) is 5. The number of nitrogens with one attached hydrogen (secondary N) is 1. The predicted octanol–water partition coefficient (Wildman–Crippen LogP) is 2.02. The number of amides is 3. The Bertz CT molecular complexity index is 1050. The number of hydrogen-bond donors (Lipinski definition) is 2. The summed E-state index contributed by atoms with van der Waals surface area (Å²) in [4.78, 5) is 28.8. The van der Waals surface area contributed by atoms with Crippen LogP contribution in [0.2, 0.25) is 5.02 Å². The van der Waals surface area contributed by atoms with Gasteiger partial charge < -0.3 is 25.0 Å². The first-order valence-electron chi connectivity index (χ1n) is 10.0. The Balaban J connectivity index is 1.53. The molecule has 32 heavy (non-hydrogen) atoms. The van der Waals surface area contributed by atoms with E-state index >= 15 is 0 Å². The Morgan fingerprint density at radius 2 is 2.22 bits per heavy atom. The van der Waals surface area contributed by atoms with E-state index in [1.807, 2.05) is 0 Å². The van der Waals surface area contributed by atoms with Gasteiger partial charge in [-0.25, -0.2) is 13.6 Å². The SMILES string of the molecule is CN1CC(OCC(O)F)Cn2nc3c(c2C1=O)CN(C(=O)Nc1ccc(F)c(Cl)c1)CC3. The zero-order chi connectivity index (χ0) is 23.0. The number of carbonyl (C=O) groups excluding carboxylic acids is 2. The molecule has 9 nitrogen and oxygen atoms in total. The summed E-state index contributed by atoms with van der Waals surface area (Å²) >= 11 is 5.77. The van der Waals surface area contributed by atoms with E-state index in [9.17, 15) is 18.4 Å². The van der Waals surface area contributed by atoms with E-state index in [0.717, 1.165) is 0 Å². The molecule has 12 heteroatoms. The maximum absolute atomic E-state index is 13.4. The number of ether oxygens (including phenoxy) is 1. The summed E-state index contributed by atoms with van der Waals surface area (Å²) in [5.74, 6) is -0.862. The van der Waals surface area contributed by atoms with Gasteiger partial charge in [-0.3, -0.25) is 9.48 Å². The van der Waals surface area contributed by atoms with Crippen molar-refractivity contribution < 1.29 is 28.2 Å². The van der Waals surface area contributed by atoms with Crippen LogP contribution < -0.4 is 5.32 Å². The van der Waals surface area contributed by atoms with Crippen molar-refractivity contribution in [1.82, 2.24) is 19.6 Å². The lowest BCUT2D eigenvalue weighted by molar-refractivity contribution is -0.0725. The molecule has 3 amide bonds. The number of halogens is 3. The molecule has 1 aromatic carbocycles. The van der Waals surface area contributed by atoms with Gasteiger partial charge >= 0.3 is 6.03 Å². The van der Waals surface area contributed by atoms with Crippen molar-refractivity contribution in [3.63, 3.8) is 0 Å². The maximum Gasteiger partial charge on any atom is 0.322 e. The van der Waals surface area contributed by atoms with E-state index in [1.165, 1.54) is 32.7 Å². The Hall–Kier alpha value is -2.76. The molecule has 0 saturated carbocycles. The Kier molecular flexibility index (Phi) is 6.31. The first kappa shape index (κ1) is 22.4. The van der Waals surface area contributed by atoms with Crippen LogP contribution in [0.15, 0.2) is 18.2 Å². The number of benzene rings is 1. The van der Waals surface area contributed by atoms with Gasteiger partial charge in [0.05, 0.1) is 29.9 Å². The highest BCUT2D eigenvalue weighted by Crippen LogP contribution is 2.27. The van der Waals surface area contributed by atoms with Crippen LogP contribution >= 0.6 is 11.6 Å². The average molecular weight is 470 g/mol. The fraction of sp³-hybridized carbons (Fsp3) is 0.450. The number of aliphatic hydroxyl groups is 1. The molecule has 1 aromatic heterocycles. The fourth-order valence-corrected chi connectivity index (χ4v) is 4.07. The summed E-state index contributed by atoms with van der Waals surface area (Å²) in [6, 6.07) is 3.49. The van der Waals surface area contributed by atoms with Crippen molar-refractivity contribution in [2.45, 2.75) is 32.0 Å². The number of rotatable bonds is 4. The van der Waals surface area contributed by atoms with Gasteiger partial charge in [0.15, 0.2) is 0 Å². The maximum atomic E-state index is 13.4. The second-order valence-electron chi connectivity index (χ2n) is 7.76. The van der Waals surface area contributed by atoms with Crippen molar-refractivity contribution >= 4 is 29.2 Å². The molecule has 2 N–H and O–H groups in total. The van der Waals surface area contributed by atoms with Gasteiger partial charge in [0.25, 0.3) is 5.91 Å². The topological polar surface area (TPSA) is 99.9 Å². The minimum Gasteiger partial charge on any atom is -0.369 e. The minimum absolute atomic E-state index is 0.101. The van der Waals surface area contributed by atoms with Gasteiger partial charge in [0.1, 0.15) is 18.1 Å². The molecule has 0 spiro atoms. The zero-order valence-electron chi connectivity index (χ0n) is 17.2. The molecular weight excluding hydrogens is 448 g/mol. The summed E-state index contributed by atoms with van der Waals surface area (Å²) in [6.07, 6.45) is -2.20. The van der Waals surface area contributed by atoms with Crippen LogP contribution in [0.1, 0.15) is 21.7 Å². The minimum atomic E-state index is -2.10. The van der Waals surface area contributed by atoms with Crippen molar-refractivity contribution in [2.75, 3.05) is 32.1 Å². The van der Waals surface area contributed by atoms with Gasteiger partial charge in [-0.05, 0) is 18.2 Å². The van der Waals surface area contributed by atoms with Gasteiger partial charge in [-0.2, -0.15) is 5.10 Å². The van der Waals surface area contributed by atoms with Crippen molar-refractivity contribution in [1.29, 1.82) is 0 Å². The fourth-order valence-electron chi connectivity index (χ4n) is 3.89. The molecule has 2 atom stereocenters. The molecule has 172 valence electrons. The molecule has 2 aliphatic rings.